The lowest BCUT2D eigenvalue weighted by molar-refractivity contribution is 0.463. The van der Waals surface area contributed by atoms with E-state index in [2.05, 4.69) is 15.0 Å². The Morgan fingerprint density at radius 2 is 1.90 bits per heavy atom. The molecule has 0 aliphatic heterocycles. The minimum absolute atomic E-state index is 0.461. The van der Waals surface area contributed by atoms with Crippen LogP contribution in [0.25, 0.3) is 10.9 Å². The van der Waals surface area contributed by atoms with Crippen molar-refractivity contribution in [3.05, 3.63) is 48.0 Å². The zero-order valence-corrected chi connectivity index (χ0v) is 11.3. The number of pyridine rings is 1. The van der Waals surface area contributed by atoms with Crippen molar-refractivity contribution in [3.63, 3.8) is 0 Å². The van der Waals surface area contributed by atoms with Gasteiger partial charge in [0.1, 0.15) is 5.75 Å². The molecule has 0 atom stereocenters. The van der Waals surface area contributed by atoms with E-state index >= 15 is 0 Å². The summed E-state index contributed by atoms with van der Waals surface area (Å²) in [6.45, 7) is 3.81. The molecule has 2 N–H and O–H groups in total. The quantitative estimate of drug-likeness (QED) is 0.722. The highest BCUT2D eigenvalue weighted by Crippen LogP contribution is 2.31. The van der Waals surface area contributed by atoms with E-state index in [9.17, 15) is 0 Å². The van der Waals surface area contributed by atoms with Gasteiger partial charge in [-0.05, 0) is 38.1 Å². The third kappa shape index (κ3) is 2.14. The Hall–Kier alpha value is -2.69. The second kappa shape index (κ2) is 4.77. The fourth-order valence-corrected chi connectivity index (χ4v) is 1.94. The van der Waals surface area contributed by atoms with Crippen molar-refractivity contribution in [1.29, 1.82) is 0 Å². The van der Waals surface area contributed by atoms with Gasteiger partial charge < -0.3 is 10.5 Å². The highest BCUT2D eigenvalue weighted by atomic mass is 16.5. The van der Waals surface area contributed by atoms with Gasteiger partial charge in [-0.3, -0.25) is 9.97 Å². The summed E-state index contributed by atoms with van der Waals surface area (Å²) in [5, 5.41) is 0.854. The van der Waals surface area contributed by atoms with Crippen LogP contribution >= 0.6 is 0 Å². The lowest BCUT2D eigenvalue weighted by Gasteiger charge is -2.09. The summed E-state index contributed by atoms with van der Waals surface area (Å²) in [7, 11) is 0. The van der Waals surface area contributed by atoms with Gasteiger partial charge in [0, 0.05) is 11.6 Å². The minimum atomic E-state index is 0.461. The van der Waals surface area contributed by atoms with Crippen molar-refractivity contribution < 1.29 is 4.74 Å². The standard InChI is InChI=1S/C15H14N4O/c1-9-10(2)19-14(8-18-9)20-13-6-5-12(16)15-11(13)4-3-7-17-15/h3-8H,16H2,1-2H3. The SMILES string of the molecule is Cc1ncc(Oc2ccc(N)c3ncccc23)nc1C. The van der Waals surface area contributed by atoms with E-state index < -0.39 is 0 Å². The zero-order valence-electron chi connectivity index (χ0n) is 11.3. The summed E-state index contributed by atoms with van der Waals surface area (Å²) < 4.78 is 5.81. The molecule has 1 aromatic carbocycles. The first-order chi connectivity index (χ1) is 9.65. The van der Waals surface area contributed by atoms with Crippen LogP contribution in [0.5, 0.6) is 11.6 Å². The fraction of sp³-hybridized carbons (Fsp3) is 0.133. The Kier molecular flexibility index (Phi) is 2.95. The molecule has 100 valence electrons. The average Bonchev–Trinajstić information content (AvgIpc) is 2.46. The van der Waals surface area contributed by atoms with E-state index in [1.807, 2.05) is 32.0 Å². The molecule has 0 fully saturated rings. The van der Waals surface area contributed by atoms with Crippen molar-refractivity contribution in [2.24, 2.45) is 0 Å². The van der Waals surface area contributed by atoms with Crippen LogP contribution in [0.4, 0.5) is 5.69 Å². The molecular formula is C15H14N4O. The molecule has 0 aliphatic rings. The van der Waals surface area contributed by atoms with Crippen molar-refractivity contribution in [2.75, 3.05) is 5.73 Å². The molecule has 0 saturated heterocycles. The van der Waals surface area contributed by atoms with E-state index in [-0.39, 0.29) is 0 Å². The zero-order chi connectivity index (χ0) is 14.1. The van der Waals surface area contributed by atoms with Gasteiger partial charge in [0.15, 0.2) is 0 Å². The number of aromatic nitrogens is 3. The Balaban J connectivity index is 2.06. The van der Waals surface area contributed by atoms with E-state index in [0.29, 0.717) is 17.3 Å². The van der Waals surface area contributed by atoms with Crippen molar-refractivity contribution in [3.8, 4) is 11.6 Å². The van der Waals surface area contributed by atoms with Crippen LogP contribution in [0, 0.1) is 13.8 Å². The van der Waals surface area contributed by atoms with Crippen LogP contribution in [0.15, 0.2) is 36.7 Å². The molecule has 2 heterocycles. The smallest absolute Gasteiger partial charge is 0.238 e. The van der Waals surface area contributed by atoms with Crippen LogP contribution in [-0.2, 0) is 0 Å². The number of nitrogen functional groups attached to an aromatic ring is 1. The maximum absolute atomic E-state index is 5.92. The van der Waals surface area contributed by atoms with Crippen molar-refractivity contribution >= 4 is 16.6 Å². The second-order valence-corrected chi connectivity index (χ2v) is 4.53. The molecule has 0 saturated carbocycles. The third-order valence-electron chi connectivity index (χ3n) is 3.15. The molecule has 0 spiro atoms. The van der Waals surface area contributed by atoms with Gasteiger partial charge in [0.05, 0.1) is 28.8 Å². The molecule has 3 aromatic rings. The molecule has 5 nitrogen and oxygen atoms in total. The molecule has 0 aliphatic carbocycles. The molecule has 5 heteroatoms. The minimum Gasteiger partial charge on any atom is -0.437 e. The van der Waals surface area contributed by atoms with Gasteiger partial charge >= 0.3 is 0 Å². The Morgan fingerprint density at radius 3 is 2.70 bits per heavy atom. The van der Waals surface area contributed by atoms with E-state index in [4.69, 9.17) is 10.5 Å². The van der Waals surface area contributed by atoms with Crippen LogP contribution in [0.3, 0.4) is 0 Å². The summed E-state index contributed by atoms with van der Waals surface area (Å²) in [5.74, 6) is 1.13. The second-order valence-electron chi connectivity index (χ2n) is 4.53. The third-order valence-corrected chi connectivity index (χ3v) is 3.15. The maximum Gasteiger partial charge on any atom is 0.238 e. The number of hydrogen-bond acceptors (Lipinski definition) is 5. The normalized spacial score (nSPS) is 10.7. The van der Waals surface area contributed by atoms with Gasteiger partial charge in [-0.15, -0.1) is 0 Å². The fourth-order valence-electron chi connectivity index (χ4n) is 1.94. The lowest BCUT2D eigenvalue weighted by atomic mass is 10.2. The lowest BCUT2D eigenvalue weighted by Crippen LogP contribution is -1.97. The predicted molar refractivity (Wildman–Crippen MR) is 77.7 cm³/mol. The monoisotopic (exact) mass is 266 g/mol. The number of benzene rings is 1. The highest BCUT2D eigenvalue weighted by Gasteiger charge is 2.08. The summed E-state index contributed by atoms with van der Waals surface area (Å²) in [6.07, 6.45) is 3.32. The van der Waals surface area contributed by atoms with Gasteiger partial charge in [-0.1, -0.05) is 0 Å². The summed E-state index contributed by atoms with van der Waals surface area (Å²) in [5.41, 5.74) is 9.00. The van der Waals surface area contributed by atoms with E-state index in [0.717, 1.165) is 22.3 Å². The number of anilines is 1. The topological polar surface area (TPSA) is 73.9 Å². The number of nitrogens with zero attached hydrogens (tertiary/aromatic N) is 3. The Bertz CT molecular complexity index is 786. The Morgan fingerprint density at radius 1 is 1.05 bits per heavy atom. The summed E-state index contributed by atoms with van der Waals surface area (Å²) >= 11 is 0. The predicted octanol–water partition coefficient (Wildman–Crippen LogP) is 3.02. The number of nitrogens with two attached hydrogens (primary N) is 1. The average molecular weight is 266 g/mol. The van der Waals surface area contributed by atoms with Crippen LogP contribution in [-0.4, -0.2) is 15.0 Å². The van der Waals surface area contributed by atoms with Crippen LogP contribution in [0.1, 0.15) is 11.4 Å². The largest absolute Gasteiger partial charge is 0.437 e. The number of ether oxygens (including phenoxy) is 1. The summed E-state index contributed by atoms with van der Waals surface area (Å²) in [4.78, 5) is 12.9. The first kappa shape index (κ1) is 12.3. The van der Waals surface area contributed by atoms with Gasteiger partial charge in [-0.25, -0.2) is 4.98 Å². The molecule has 2 aromatic heterocycles. The van der Waals surface area contributed by atoms with Gasteiger partial charge in [0.2, 0.25) is 5.88 Å². The van der Waals surface area contributed by atoms with Crippen molar-refractivity contribution in [2.45, 2.75) is 13.8 Å². The molecular weight excluding hydrogens is 252 g/mol. The first-order valence-corrected chi connectivity index (χ1v) is 6.26. The van der Waals surface area contributed by atoms with E-state index in [1.165, 1.54) is 0 Å². The van der Waals surface area contributed by atoms with Gasteiger partial charge in [-0.2, -0.15) is 0 Å². The number of rotatable bonds is 2. The van der Waals surface area contributed by atoms with Gasteiger partial charge in [0.25, 0.3) is 0 Å². The number of fused-ring (bicyclic) bond motifs is 1. The first-order valence-electron chi connectivity index (χ1n) is 6.26. The number of aryl methyl sites for hydroxylation is 2. The maximum atomic E-state index is 5.92. The van der Waals surface area contributed by atoms with Crippen LogP contribution in [0.2, 0.25) is 0 Å². The van der Waals surface area contributed by atoms with E-state index in [1.54, 1.807) is 18.5 Å². The highest BCUT2D eigenvalue weighted by molar-refractivity contribution is 5.93. The summed E-state index contributed by atoms with van der Waals surface area (Å²) in [6, 6.07) is 7.36. The Labute approximate surface area is 116 Å². The molecule has 0 amide bonds. The molecule has 0 unspecified atom stereocenters. The number of hydrogen-bond donors (Lipinski definition) is 1. The molecule has 0 bridgehead atoms. The molecule has 3 rings (SSSR count). The van der Waals surface area contributed by atoms with Crippen molar-refractivity contribution in [1.82, 2.24) is 15.0 Å². The molecule has 20 heavy (non-hydrogen) atoms. The van der Waals surface area contributed by atoms with Crippen LogP contribution < -0.4 is 10.5 Å². The molecule has 0 radical (unpaired) electrons.